The smallest absolute Gasteiger partial charge is 0.273 e. The molecule has 6 heteroatoms. The average molecular weight is 267 g/mol. The molecule has 0 atom stereocenters. The van der Waals surface area contributed by atoms with E-state index < -0.39 is 4.92 Å². The number of ether oxygens (including phenoxy) is 1. The van der Waals surface area contributed by atoms with Gasteiger partial charge in [-0.3, -0.25) is 10.1 Å². The molecule has 1 rings (SSSR count). The molecule has 0 saturated carbocycles. The summed E-state index contributed by atoms with van der Waals surface area (Å²) in [6.07, 6.45) is 0.482. The number of hydrogen-bond acceptors (Lipinski definition) is 4. The summed E-state index contributed by atoms with van der Waals surface area (Å²) in [7, 11) is 1.39. The van der Waals surface area contributed by atoms with Crippen molar-refractivity contribution in [3.63, 3.8) is 0 Å². The highest BCUT2D eigenvalue weighted by atomic mass is 35.5. The summed E-state index contributed by atoms with van der Waals surface area (Å²) < 4.78 is 5.06. The first kappa shape index (κ1) is 14.0. The summed E-state index contributed by atoms with van der Waals surface area (Å²) in [6.45, 7) is 1.80. The molecule has 0 radical (unpaired) electrons. The lowest BCUT2D eigenvalue weighted by Gasteiger charge is -2.08. The predicted octanol–water partition coefficient (Wildman–Crippen LogP) is 3.49. The maximum absolute atomic E-state index is 10.6. The van der Waals surface area contributed by atoms with Crippen LogP contribution in [-0.4, -0.2) is 12.0 Å². The number of nitro benzene ring substituents is 1. The van der Waals surface area contributed by atoms with Gasteiger partial charge in [0, 0.05) is 17.2 Å². The molecule has 0 saturated heterocycles. The van der Waals surface area contributed by atoms with Crippen molar-refractivity contribution < 1.29 is 9.66 Å². The van der Waals surface area contributed by atoms with Crippen molar-refractivity contribution in [3.05, 3.63) is 39.4 Å². The second-order valence-electron chi connectivity index (χ2n) is 3.40. The second-order valence-corrected chi connectivity index (χ2v) is 3.78. The maximum atomic E-state index is 10.6. The van der Waals surface area contributed by atoms with E-state index >= 15 is 0 Å². The van der Waals surface area contributed by atoms with E-state index in [0.29, 0.717) is 17.6 Å². The third-order valence-electron chi connectivity index (χ3n) is 2.39. The van der Waals surface area contributed by atoms with E-state index in [1.54, 1.807) is 6.92 Å². The van der Waals surface area contributed by atoms with Crippen LogP contribution in [0.4, 0.5) is 5.69 Å². The number of nitro groups is 1. The van der Waals surface area contributed by atoms with Crippen molar-refractivity contribution in [2.24, 2.45) is 0 Å². The van der Waals surface area contributed by atoms with E-state index in [1.165, 1.54) is 25.3 Å². The van der Waals surface area contributed by atoms with Crippen LogP contribution in [0.5, 0.6) is 5.75 Å². The standard InChI is InChI=1S/C12H11ClN2O3/c1-3-8(7-14)12(13)10-5-4-9(15(16)17)6-11(10)18-2/h4-6H,3H2,1-2H3/b12-8-. The third kappa shape index (κ3) is 2.79. The van der Waals surface area contributed by atoms with E-state index in [2.05, 4.69) is 0 Å². The first-order valence-electron chi connectivity index (χ1n) is 5.16. The summed E-state index contributed by atoms with van der Waals surface area (Å²) >= 11 is 6.10. The number of nitriles is 1. The molecule has 18 heavy (non-hydrogen) atoms. The molecule has 0 bridgehead atoms. The van der Waals surface area contributed by atoms with Crippen LogP contribution in [0.1, 0.15) is 18.9 Å². The number of non-ortho nitro benzene ring substituents is 1. The highest BCUT2D eigenvalue weighted by Gasteiger charge is 2.15. The lowest BCUT2D eigenvalue weighted by molar-refractivity contribution is -0.384. The maximum Gasteiger partial charge on any atom is 0.273 e. The quantitative estimate of drug-likeness (QED) is 0.475. The Labute approximate surface area is 109 Å². The first-order chi connectivity index (χ1) is 8.54. The number of methoxy groups -OCH3 is 1. The van der Waals surface area contributed by atoms with Crippen LogP contribution in [0.15, 0.2) is 23.8 Å². The molecular weight excluding hydrogens is 256 g/mol. The average Bonchev–Trinajstić information content (AvgIpc) is 2.39. The van der Waals surface area contributed by atoms with Crippen molar-refractivity contribution in [1.29, 1.82) is 5.26 Å². The van der Waals surface area contributed by atoms with E-state index in [-0.39, 0.29) is 16.5 Å². The van der Waals surface area contributed by atoms with Gasteiger partial charge in [-0.15, -0.1) is 0 Å². The van der Waals surface area contributed by atoms with Gasteiger partial charge in [0.05, 0.1) is 29.2 Å². The van der Waals surface area contributed by atoms with Gasteiger partial charge in [-0.2, -0.15) is 5.26 Å². The van der Waals surface area contributed by atoms with E-state index in [1.807, 2.05) is 6.07 Å². The Balaban J connectivity index is 3.39. The van der Waals surface area contributed by atoms with Crippen molar-refractivity contribution in [3.8, 4) is 11.8 Å². The molecule has 0 spiro atoms. The van der Waals surface area contributed by atoms with Crippen LogP contribution < -0.4 is 4.74 Å². The van der Waals surface area contributed by atoms with Crippen molar-refractivity contribution in [2.75, 3.05) is 7.11 Å². The Morgan fingerprint density at radius 2 is 2.28 bits per heavy atom. The Morgan fingerprint density at radius 3 is 2.72 bits per heavy atom. The number of allylic oxidation sites excluding steroid dienone is 1. The van der Waals surface area contributed by atoms with E-state index in [4.69, 9.17) is 21.6 Å². The van der Waals surface area contributed by atoms with Gasteiger partial charge in [-0.25, -0.2) is 0 Å². The molecule has 1 aromatic rings. The van der Waals surface area contributed by atoms with Crippen LogP contribution in [0.2, 0.25) is 0 Å². The Kier molecular flexibility index (Phi) is 4.69. The molecule has 0 fully saturated rings. The van der Waals surface area contributed by atoms with Gasteiger partial charge in [0.25, 0.3) is 5.69 Å². The van der Waals surface area contributed by atoms with Gasteiger partial charge in [0.2, 0.25) is 0 Å². The lowest BCUT2D eigenvalue weighted by atomic mass is 10.1. The summed E-state index contributed by atoms with van der Waals surface area (Å²) in [4.78, 5) is 10.1. The Morgan fingerprint density at radius 1 is 1.61 bits per heavy atom. The first-order valence-corrected chi connectivity index (χ1v) is 5.54. The molecule has 0 N–H and O–H groups in total. The fraction of sp³-hybridized carbons (Fsp3) is 0.250. The number of nitrogens with zero attached hydrogens (tertiary/aromatic N) is 2. The van der Waals surface area contributed by atoms with Crippen LogP contribution in [-0.2, 0) is 0 Å². The SMILES string of the molecule is CC/C(C#N)=C(/Cl)c1ccc([N+](=O)[O-])cc1OC. The summed E-state index contributed by atoms with van der Waals surface area (Å²) in [6, 6.07) is 6.08. The minimum absolute atomic E-state index is 0.0879. The third-order valence-corrected chi connectivity index (χ3v) is 2.82. The Hall–Kier alpha value is -2.06. The van der Waals surface area contributed by atoms with Crippen LogP contribution in [0, 0.1) is 21.4 Å². The van der Waals surface area contributed by atoms with Gasteiger partial charge >= 0.3 is 0 Å². The number of benzene rings is 1. The topological polar surface area (TPSA) is 76.2 Å². The van der Waals surface area contributed by atoms with Crippen LogP contribution in [0.25, 0.3) is 5.03 Å². The molecule has 0 amide bonds. The summed E-state index contributed by atoms with van der Waals surface area (Å²) in [5.74, 6) is 0.274. The zero-order valence-electron chi connectivity index (χ0n) is 9.94. The van der Waals surface area contributed by atoms with Crippen molar-refractivity contribution >= 4 is 22.3 Å². The molecule has 0 unspecified atom stereocenters. The number of rotatable bonds is 4. The fourth-order valence-corrected chi connectivity index (χ4v) is 1.75. The molecule has 94 valence electrons. The van der Waals surface area contributed by atoms with Crippen LogP contribution in [0.3, 0.4) is 0 Å². The van der Waals surface area contributed by atoms with Gasteiger partial charge in [-0.1, -0.05) is 18.5 Å². The summed E-state index contributed by atoms with van der Waals surface area (Å²) in [5.41, 5.74) is 0.794. The van der Waals surface area contributed by atoms with Crippen molar-refractivity contribution in [1.82, 2.24) is 0 Å². The zero-order chi connectivity index (χ0) is 13.7. The number of halogens is 1. The predicted molar refractivity (Wildman–Crippen MR) is 68.3 cm³/mol. The molecule has 0 aliphatic rings. The molecule has 5 nitrogen and oxygen atoms in total. The van der Waals surface area contributed by atoms with Gasteiger partial charge < -0.3 is 4.74 Å². The molecular formula is C12H11ClN2O3. The molecule has 0 heterocycles. The van der Waals surface area contributed by atoms with Crippen molar-refractivity contribution in [2.45, 2.75) is 13.3 Å². The minimum Gasteiger partial charge on any atom is -0.496 e. The molecule has 0 aromatic heterocycles. The van der Waals surface area contributed by atoms with Crippen LogP contribution >= 0.6 is 11.6 Å². The molecule has 0 aliphatic carbocycles. The van der Waals surface area contributed by atoms with Gasteiger partial charge in [0.15, 0.2) is 0 Å². The fourth-order valence-electron chi connectivity index (χ4n) is 1.42. The Bertz CT molecular complexity index is 547. The van der Waals surface area contributed by atoms with Gasteiger partial charge in [0.1, 0.15) is 5.75 Å². The van der Waals surface area contributed by atoms with E-state index in [9.17, 15) is 10.1 Å². The van der Waals surface area contributed by atoms with Gasteiger partial charge in [-0.05, 0) is 12.5 Å². The molecule has 1 aromatic carbocycles. The second kappa shape index (κ2) is 6.03. The monoisotopic (exact) mass is 266 g/mol. The highest BCUT2D eigenvalue weighted by molar-refractivity contribution is 6.49. The normalized spacial score (nSPS) is 11.4. The zero-order valence-corrected chi connectivity index (χ0v) is 10.7. The minimum atomic E-state index is -0.519. The van der Waals surface area contributed by atoms with E-state index in [0.717, 1.165) is 0 Å². The number of hydrogen-bond donors (Lipinski definition) is 0. The highest BCUT2D eigenvalue weighted by Crippen LogP contribution is 2.34. The largest absolute Gasteiger partial charge is 0.496 e. The molecule has 0 aliphatic heterocycles. The summed E-state index contributed by atoms with van der Waals surface area (Å²) in [5, 5.41) is 19.8. The lowest BCUT2D eigenvalue weighted by Crippen LogP contribution is -1.94.